The number of esters is 1. The van der Waals surface area contributed by atoms with Crippen molar-refractivity contribution in [2.24, 2.45) is 0 Å². The van der Waals surface area contributed by atoms with E-state index in [0.717, 1.165) is 10.5 Å². The second-order valence-electron chi connectivity index (χ2n) is 5.06. The van der Waals surface area contributed by atoms with Crippen LogP contribution in [-0.4, -0.2) is 36.0 Å². The van der Waals surface area contributed by atoms with Gasteiger partial charge in [-0.05, 0) is 12.5 Å². The molecule has 0 radical (unpaired) electrons. The van der Waals surface area contributed by atoms with Crippen LogP contribution in [-0.2, 0) is 14.3 Å². The molecule has 1 unspecified atom stereocenters. The highest BCUT2D eigenvalue weighted by Crippen LogP contribution is 2.23. The molecule has 2 rings (SSSR count). The molecule has 0 aromatic heterocycles. The fourth-order valence-electron chi connectivity index (χ4n) is 2.44. The van der Waals surface area contributed by atoms with Gasteiger partial charge < -0.3 is 10.1 Å². The summed E-state index contributed by atoms with van der Waals surface area (Å²) in [5.74, 6) is -1.05. The van der Waals surface area contributed by atoms with Gasteiger partial charge in [-0.15, -0.1) is 0 Å². The van der Waals surface area contributed by atoms with Crippen molar-refractivity contribution < 1.29 is 19.1 Å². The molecule has 1 heterocycles. The Balaban J connectivity index is 2.47. The molecule has 1 N–H and O–H groups in total. The van der Waals surface area contributed by atoms with Crippen LogP contribution >= 0.6 is 0 Å². The molecule has 6 heteroatoms. The Morgan fingerprint density at radius 3 is 2.48 bits per heavy atom. The summed E-state index contributed by atoms with van der Waals surface area (Å²) in [6.07, 6.45) is 3.40. The Labute approximate surface area is 134 Å². The first kappa shape index (κ1) is 16.5. The minimum Gasteiger partial charge on any atom is -0.466 e. The molecule has 0 fully saturated rings. The molecule has 0 saturated carbocycles. The summed E-state index contributed by atoms with van der Waals surface area (Å²) in [4.78, 5) is 37.0. The Bertz CT molecular complexity index is 692. The zero-order chi connectivity index (χ0) is 17.0. The fourth-order valence-corrected chi connectivity index (χ4v) is 2.44. The predicted molar refractivity (Wildman–Crippen MR) is 85.0 cm³/mol. The zero-order valence-corrected chi connectivity index (χ0v) is 13.2. The largest absolute Gasteiger partial charge is 0.466 e. The number of imide groups is 1. The Hall–Kier alpha value is -2.89. The van der Waals surface area contributed by atoms with E-state index >= 15 is 0 Å². The van der Waals surface area contributed by atoms with Crippen LogP contribution in [0.25, 0.3) is 6.08 Å². The van der Waals surface area contributed by atoms with E-state index in [1.165, 1.54) is 14.0 Å². The minimum absolute atomic E-state index is 0.231. The predicted octanol–water partition coefficient (Wildman–Crippen LogP) is 2.09. The van der Waals surface area contributed by atoms with Crippen LogP contribution in [0, 0.1) is 0 Å². The van der Waals surface area contributed by atoms with Crippen molar-refractivity contribution in [3.63, 3.8) is 0 Å². The van der Waals surface area contributed by atoms with E-state index in [1.54, 1.807) is 19.1 Å². The highest BCUT2D eigenvalue weighted by atomic mass is 16.5. The highest BCUT2D eigenvalue weighted by Gasteiger charge is 2.37. The van der Waals surface area contributed by atoms with E-state index in [9.17, 15) is 14.4 Å². The van der Waals surface area contributed by atoms with Gasteiger partial charge in [0.2, 0.25) is 5.91 Å². The second kappa shape index (κ2) is 6.91. The van der Waals surface area contributed by atoms with E-state index in [2.05, 4.69) is 5.32 Å². The lowest BCUT2D eigenvalue weighted by Gasteiger charge is -2.33. The molecule has 0 spiro atoms. The average molecular weight is 314 g/mol. The number of urea groups is 1. The molecule has 1 aliphatic rings. The van der Waals surface area contributed by atoms with Crippen LogP contribution in [0.3, 0.4) is 0 Å². The summed E-state index contributed by atoms with van der Waals surface area (Å²) in [5, 5.41) is 2.52. The molecule has 1 aliphatic heterocycles. The number of benzene rings is 1. The SMILES string of the molecule is COC(=O)C1=C(C)NC(=O)N(C(C)=O)C1/C=C/c1ccccc1. The number of carbonyl (C=O) groups is 3. The molecular weight excluding hydrogens is 296 g/mol. The molecule has 3 amide bonds. The quantitative estimate of drug-likeness (QED) is 0.867. The number of allylic oxidation sites excluding steroid dienone is 1. The number of rotatable bonds is 3. The standard InChI is InChI=1S/C17H18N2O4/c1-11-15(16(21)23-3)14(19(12(2)20)17(22)18-11)10-9-13-7-5-4-6-8-13/h4-10,14H,1-3H3,(H,18,22)/b10-9+. The van der Waals surface area contributed by atoms with E-state index in [4.69, 9.17) is 4.74 Å². The molecular formula is C17H18N2O4. The van der Waals surface area contributed by atoms with Crippen LogP contribution in [0.1, 0.15) is 19.4 Å². The van der Waals surface area contributed by atoms with Gasteiger partial charge in [0.25, 0.3) is 0 Å². The van der Waals surface area contributed by atoms with Gasteiger partial charge >= 0.3 is 12.0 Å². The molecule has 0 aliphatic carbocycles. The number of ether oxygens (including phenoxy) is 1. The van der Waals surface area contributed by atoms with Gasteiger partial charge in [0.05, 0.1) is 18.7 Å². The maximum Gasteiger partial charge on any atom is 0.337 e. The third-order valence-corrected chi connectivity index (χ3v) is 3.51. The number of methoxy groups -OCH3 is 1. The number of nitrogens with zero attached hydrogens (tertiary/aromatic N) is 1. The van der Waals surface area contributed by atoms with E-state index in [1.807, 2.05) is 30.3 Å². The van der Waals surface area contributed by atoms with Crippen molar-refractivity contribution in [3.8, 4) is 0 Å². The molecule has 1 atom stereocenters. The van der Waals surface area contributed by atoms with Gasteiger partial charge in [-0.2, -0.15) is 0 Å². The molecule has 0 bridgehead atoms. The first-order chi connectivity index (χ1) is 11.0. The van der Waals surface area contributed by atoms with Gasteiger partial charge in [-0.3, -0.25) is 9.69 Å². The Morgan fingerprint density at radius 2 is 1.91 bits per heavy atom. The van der Waals surface area contributed by atoms with Crippen LogP contribution in [0.15, 0.2) is 47.7 Å². The van der Waals surface area contributed by atoms with Gasteiger partial charge in [0.1, 0.15) is 0 Å². The zero-order valence-electron chi connectivity index (χ0n) is 13.2. The highest BCUT2D eigenvalue weighted by molar-refractivity contribution is 6.01. The minimum atomic E-state index is -0.811. The first-order valence-corrected chi connectivity index (χ1v) is 7.08. The van der Waals surface area contributed by atoms with Gasteiger partial charge in [-0.25, -0.2) is 9.59 Å². The number of hydrogen-bond donors (Lipinski definition) is 1. The summed E-state index contributed by atoms with van der Waals surface area (Å²) in [5.41, 5.74) is 1.50. The fraction of sp³-hybridized carbons (Fsp3) is 0.235. The van der Waals surface area contributed by atoms with Gasteiger partial charge in [-0.1, -0.05) is 42.5 Å². The summed E-state index contributed by atoms with van der Waals surface area (Å²) in [7, 11) is 1.26. The van der Waals surface area contributed by atoms with E-state index in [-0.39, 0.29) is 5.57 Å². The molecule has 23 heavy (non-hydrogen) atoms. The number of nitrogens with one attached hydrogen (secondary N) is 1. The van der Waals surface area contributed by atoms with Crippen molar-refractivity contribution in [1.29, 1.82) is 0 Å². The van der Waals surface area contributed by atoms with Crippen molar-refractivity contribution in [1.82, 2.24) is 10.2 Å². The van der Waals surface area contributed by atoms with Crippen molar-refractivity contribution in [2.45, 2.75) is 19.9 Å². The van der Waals surface area contributed by atoms with Gasteiger partial charge in [0.15, 0.2) is 0 Å². The smallest absolute Gasteiger partial charge is 0.337 e. The molecule has 1 aromatic carbocycles. The van der Waals surface area contributed by atoms with Crippen LogP contribution in [0.4, 0.5) is 4.79 Å². The normalized spacial score (nSPS) is 18.1. The molecule has 6 nitrogen and oxygen atoms in total. The third-order valence-electron chi connectivity index (χ3n) is 3.51. The van der Waals surface area contributed by atoms with Crippen LogP contribution < -0.4 is 5.32 Å². The maximum absolute atomic E-state index is 12.1. The lowest BCUT2D eigenvalue weighted by Crippen LogP contribution is -2.54. The van der Waals surface area contributed by atoms with Crippen molar-refractivity contribution >= 4 is 24.0 Å². The third kappa shape index (κ3) is 3.48. The van der Waals surface area contributed by atoms with Crippen molar-refractivity contribution in [2.75, 3.05) is 7.11 Å². The monoisotopic (exact) mass is 314 g/mol. The number of amides is 3. The molecule has 1 aromatic rings. The summed E-state index contributed by atoms with van der Waals surface area (Å²) in [6.45, 7) is 2.88. The molecule has 120 valence electrons. The topological polar surface area (TPSA) is 75.7 Å². The van der Waals surface area contributed by atoms with Gasteiger partial charge in [0, 0.05) is 12.6 Å². The summed E-state index contributed by atoms with van der Waals surface area (Å²) in [6, 6.07) is 8.02. The summed E-state index contributed by atoms with van der Waals surface area (Å²) >= 11 is 0. The molecule has 0 saturated heterocycles. The van der Waals surface area contributed by atoms with E-state index in [0.29, 0.717) is 5.70 Å². The summed E-state index contributed by atoms with van der Waals surface area (Å²) < 4.78 is 4.79. The van der Waals surface area contributed by atoms with Crippen LogP contribution in [0.2, 0.25) is 0 Å². The lowest BCUT2D eigenvalue weighted by molar-refractivity contribution is -0.137. The lowest BCUT2D eigenvalue weighted by atomic mass is 9.99. The van der Waals surface area contributed by atoms with E-state index < -0.39 is 23.9 Å². The number of carbonyl (C=O) groups excluding carboxylic acids is 3. The Morgan fingerprint density at radius 1 is 1.26 bits per heavy atom. The van der Waals surface area contributed by atoms with Crippen molar-refractivity contribution in [3.05, 3.63) is 53.2 Å². The number of hydrogen-bond acceptors (Lipinski definition) is 4. The Kier molecular flexibility index (Phi) is 4.95. The second-order valence-corrected chi connectivity index (χ2v) is 5.06. The maximum atomic E-state index is 12.1. The van der Waals surface area contributed by atoms with Crippen LogP contribution in [0.5, 0.6) is 0 Å². The average Bonchev–Trinajstić information content (AvgIpc) is 2.52. The first-order valence-electron chi connectivity index (χ1n) is 7.08.